The number of fused-ring (bicyclic) bond motifs is 1. The molecule has 0 saturated carbocycles. The number of carbonyl (C=O) groups excluding carboxylic acids is 1. The van der Waals surface area contributed by atoms with Gasteiger partial charge in [0.25, 0.3) is 0 Å². The maximum absolute atomic E-state index is 11.2. The Labute approximate surface area is 100 Å². The number of hydrogen-bond acceptors (Lipinski definition) is 4. The van der Waals surface area contributed by atoms with Crippen molar-refractivity contribution >= 4 is 17.3 Å². The summed E-state index contributed by atoms with van der Waals surface area (Å²) in [7, 11) is 0. The topological polar surface area (TPSA) is 87.4 Å². The molecule has 0 bridgehead atoms. The molecule has 5 heteroatoms. The summed E-state index contributed by atoms with van der Waals surface area (Å²) in [6.45, 7) is 0.496. The summed E-state index contributed by atoms with van der Waals surface area (Å²) >= 11 is 0. The van der Waals surface area contributed by atoms with Gasteiger partial charge in [0.1, 0.15) is 0 Å². The number of anilines is 2. The Bertz CT molecular complexity index is 420. The Morgan fingerprint density at radius 2 is 2.29 bits per heavy atom. The summed E-state index contributed by atoms with van der Waals surface area (Å²) in [4.78, 5) is 11.2. The molecule has 0 spiro atoms. The van der Waals surface area contributed by atoms with Crippen LogP contribution in [-0.4, -0.2) is 30.2 Å². The average molecular weight is 235 g/mol. The molecule has 1 aliphatic rings. The number of aliphatic hydroxyl groups excluding tert-OH is 1. The molecule has 92 valence electrons. The molecule has 1 aromatic rings. The minimum absolute atomic E-state index is 0.0337. The monoisotopic (exact) mass is 235 g/mol. The first kappa shape index (κ1) is 11.9. The molecular formula is C12H17N3O2. The van der Waals surface area contributed by atoms with Gasteiger partial charge in [-0.25, -0.2) is 0 Å². The van der Waals surface area contributed by atoms with Crippen LogP contribution in [0.3, 0.4) is 0 Å². The molecule has 0 fully saturated rings. The van der Waals surface area contributed by atoms with Gasteiger partial charge in [-0.05, 0) is 30.2 Å². The van der Waals surface area contributed by atoms with Gasteiger partial charge in [0.2, 0.25) is 5.91 Å². The van der Waals surface area contributed by atoms with Crippen molar-refractivity contribution in [3.05, 3.63) is 23.8 Å². The van der Waals surface area contributed by atoms with Gasteiger partial charge in [0, 0.05) is 30.4 Å². The maximum atomic E-state index is 11.2. The second-order valence-electron chi connectivity index (χ2n) is 4.24. The highest BCUT2D eigenvalue weighted by atomic mass is 16.3. The molecule has 1 aromatic carbocycles. The molecule has 5 N–H and O–H groups in total. The second-order valence-corrected chi connectivity index (χ2v) is 4.24. The number of nitrogens with two attached hydrogens (primary N) is 1. The molecule has 2 rings (SSSR count). The van der Waals surface area contributed by atoms with Crippen LogP contribution in [0.4, 0.5) is 11.4 Å². The van der Waals surface area contributed by atoms with Crippen LogP contribution in [0.25, 0.3) is 0 Å². The van der Waals surface area contributed by atoms with E-state index in [0.717, 1.165) is 23.4 Å². The highest BCUT2D eigenvalue weighted by Crippen LogP contribution is 2.25. The van der Waals surface area contributed by atoms with Gasteiger partial charge in [0.05, 0.1) is 6.61 Å². The van der Waals surface area contributed by atoms with Crippen LogP contribution >= 0.6 is 0 Å². The lowest BCUT2D eigenvalue weighted by Crippen LogP contribution is -2.32. The van der Waals surface area contributed by atoms with Crippen molar-refractivity contribution in [1.29, 1.82) is 0 Å². The third-order valence-corrected chi connectivity index (χ3v) is 2.80. The lowest BCUT2D eigenvalue weighted by molar-refractivity contribution is -0.116. The van der Waals surface area contributed by atoms with Crippen LogP contribution in [0.1, 0.15) is 12.0 Å². The number of benzene rings is 1. The molecule has 1 unspecified atom stereocenters. The highest BCUT2D eigenvalue weighted by Gasteiger charge is 2.14. The number of rotatable bonds is 4. The van der Waals surface area contributed by atoms with Crippen molar-refractivity contribution in [3.8, 4) is 0 Å². The van der Waals surface area contributed by atoms with Crippen LogP contribution in [0.2, 0.25) is 0 Å². The number of aryl methyl sites for hydroxylation is 1. The molecule has 1 amide bonds. The Morgan fingerprint density at radius 1 is 1.47 bits per heavy atom. The normalized spacial score (nSPS) is 16.0. The molecule has 17 heavy (non-hydrogen) atoms. The molecule has 0 radical (unpaired) electrons. The molecule has 0 aliphatic carbocycles. The van der Waals surface area contributed by atoms with Crippen molar-refractivity contribution in [2.45, 2.75) is 18.9 Å². The third-order valence-electron chi connectivity index (χ3n) is 2.80. The summed E-state index contributed by atoms with van der Waals surface area (Å²) < 4.78 is 0. The van der Waals surface area contributed by atoms with E-state index >= 15 is 0 Å². The van der Waals surface area contributed by atoms with Gasteiger partial charge < -0.3 is 21.5 Å². The van der Waals surface area contributed by atoms with E-state index in [1.54, 1.807) is 0 Å². The van der Waals surface area contributed by atoms with Crippen molar-refractivity contribution in [3.63, 3.8) is 0 Å². The first-order valence-corrected chi connectivity index (χ1v) is 5.72. The summed E-state index contributed by atoms with van der Waals surface area (Å²) in [6, 6.07) is 5.54. The van der Waals surface area contributed by atoms with E-state index in [1.165, 1.54) is 0 Å². The van der Waals surface area contributed by atoms with Crippen molar-refractivity contribution in [2.75, 3.05) is 23.8 Å². The lowest BCUT2D eigenvalue weighted by atomic mass is 10.0. The van der Waals surface area contributed by atoms with Gasteiger partial charge in [0.15, 0.2) is 0 Å². The predicted molar refractivity (Wildman–Crippen MR) is 66.9 cm³/mol. The maximum Gasteiger partial charge on any atom is 0.224 e. The van der Waals surface area contributed by atoms with E-state index < -0.39 is 0 Å². The zero-order chi connectivity index (χ0) is 12.3. The average Bonchev–Trinajstić information content (AvgIpc) is 2.35. The summed E-state index contributed by atoms with van der Waals surface area (Å²) in [6.07, 6.45) is 1.30. The zero-order valence-corrected chi connectivity index (χ0v) is 9.57. The minimum Gasteiger partial charge on any atom is -0.395 e. The van der Waals surface area contributed by atoms with Gasteiger partial charge >= 0.3 is 0 Å². The van der Waals surface area contributed by atoms with Crippen LogP contribution in [0.15, 0.2) is 18.2 Å². The number of amides is 1. The van der Waals surface area contributed by atoms with Gasteiger partial charge in [-0.1, -0.05) is 0 Å². The number of carbonyl (C=O) groups is 1. The predicted octanol–water partition coefficient (Wildman–Crippen LogP) is 0.303. The molecule has 1 aliphatic heterocycles. The van der Waals surface area contributed by atoms with E-state index in [-0.39, 0.29) is 18.6 Å². The van der Waals surface area contributed by atoms with E-state index in [9.17, 15) is 4.79 Å². The highest BCUT2D eigenvalue weighted by molar-refractivity contribution is 5.94. The third kappa shape index (κ3) is 2.95. The second kappa shape index (κ2) is 5.16. The lowest BCUT2D eigenvalue weighted by Gasteiger charge is -2.18. The molecular weight excluding hydrogens is 218 g/mol. The van der Waals surface area contributed by atoms with Crippen LogP contribution < -0.4 is 16.4 Å². The van der Waals surface area contributed by atoms with Gasteiger partial charge in [-0.2, -0.15) is 0 Å². The van der Waals surface area contributed by atoms with Crippen molar-refractivity contribution in [2.24, 2.45) is 5.73 Å². The largest absolute Gasteiger partial charge is 0.395 e. The van der Waals surface area contributed by atoms with E-state index in [2.05, 4.69) is 10.6 Å². The fourth-order valence-electron chi connectivity index (χ4n) is 1.81. The van der Waals surface area contributed by atoms with E-state index in [4.69, 9.17) is 10.8 Å². The fourth-order valence-corrected chi connectivity index (χ4v) is 1.81. The van der Waals surface area contributed by atoms with Crippen molar-refractivity contribution in [1.82, 2.24) is 0 Å². The van der Waals surface area contributed by atoms with E-state index in [0.29, 0.717) is 13.0 Å². The summed E-state index contributed by atoms with van der Waals surface area (Å²) in [5, 5.41) is 14.8. The molecule has 1 heterocycles. The first-order valence-electron chi connectivity index (χ1n) is 5.72. The Morgan fingerprint density at radius 3 is 3.06 bits per heavy atom. The Hall–Kier alpha value is -1.59. The quantitative estimate of drug-likeness (QED) is 0.604. The van der Waals surface area contributed by atoms with Crippen LogP contribution in [0, 0.1) is 0 Å². The zero-order valence-electron chi connectivity index (χ0n) is 9.57. The van der Waals surface area contributed by atoms with Gasteiger partial charge in [-0.3, -0.25) is 4.79 Å². The summed E-state index contributed by atoms with van der Waals surface area (Å²) in [5.41, 5.74) is 8.59. The number of aliphatic hydroxyl groups is 1. The standard InChI is InChI=1S/C12H17N3O2/c13-9(7-16)6-14-10-2-3-11-8(5-10)1-4-12(17)15-11/h2-3,5,9,14,16H,1,4,6-7,13H2,(H,15,17). The summed E-state index contributed by atoms with van der Waals surface area (Å²) in [5.74, 6) is 0.0699. The molecule has 5 nitrogen and oxygen atoms in total. The van der Waals surface area contributed by atoms with Gasteiger partial charge in [-0.15, -0.1) is 0 Å². The SMILES string of the molecule is NC(CO)CNc1ccc2c(c1)CCC(=O)N2. The minimum atomic E-state index is -0.259. The Balaban J connectivity index is 2.04. The first-order chi connectivity index (χ1) is 8.19. The van der Waals surface area contributed by atoms with Crippen LogP contribution in [-0.2, 0) is 11.2 Å². The molecule has 1 atom stereocenters. The number of hydrogen-bond donors (Lipinski definition) is 4. The Kier molecular flexibility index (Phi) is 3.61. The van der Waals surface area contributed by atoms with E-state index in [1.807, 2.05) is 18.2 Å². The smallest absolute Gasteiger partial charge is 0.224 e. The number of nitrogens with one attached hydrogen (secondary N) is 2. The van der Waals surface area contributed by atoms with Crippen LogP contribution in [0.5, 0.6) is 0 Å². The molecule has 0 aromatic heterocycles. The fraction of sp³-hybridized carbons (Fsp3) is 0.417. The molecule has 0 saturated heterocycles. The van der Waals surface area contributed by atoms with Crippen molar-refractivity contribution < 1.29 is 9.90 Å².